The van der Waals surface area contributed by atoms with Gasteiger partial charge in [0.25, 0.3) is 0 Å². The maximum absolute atomic E-state index is 3.25. The zero-order chi connectivity index (χ0) is 10.3. The first-order chi connectivity index (χ1) is 5.81. The van der Waals surface area contributed by atoms with Crippen LogP contribution in [0.15, 0.2) is 17.9 Å². The number of hydrogen-bond donors (Lipinski definition) is 0. The van der Waals surface area contributed by atoms with Crippen LogP contribution in [0.1, 0.15) is 34.6 Å². The molecular weight excluding hydrogens is 158 g/mol. The third kappa shape index (κ3) is 1.47. The SMILES string of the molecule is CC(C)N(C)C1(C)C=C=CC1(C)C. The van der Waals surface area contributed by atoms with Crippen LogP contribution < -0.4 is 0 Å². The Hall–Kier alpha value is -0.520. The molecular formula is C12H21N. The topological polar surface area (TPSA) is 3.24 Å². The van der Waals surface area contributed by atoms with Crippen LogP contribution in [0, 0.1) is 5.41 Å². The molecule has 74 valence electrons. The van der Waals surface area contributed by atoms with Crippen molar-refractivity contribution >= 4 is 0 Å². The van der Waals surface area contributed by atoms with Gasteiger partial charge in [-0.2, -0.15) is 0 Å². The summed E-state index contributed by atoms with van der Waals surface area (Å²) in [5.74, 6) is 0. The molecule has 1 heteroatoms. The molecule has 0 heterocycles. The molecule has 0 radical (unpaired) electrons. The lowest BCUT2D eigenvalue weighted by molar-refractivity contribution is 0.0681. The Morgan fingerprint density at radius 1 is 1.15 bits per heavy atom. The molecule has 0 fully saturated rings. The number of hydrogen-bond acceptors (Lipinski definition) is 1. The van der Waals surface area contributed by atoms with Crippen LogP contribution in [0.25, 0.3) is 0 Å². The monoisotopic (exact) mass is 179 g/mol. The number of nitrogens with zero attached hydrogens (tertiary/aromatic N) is 1. The van der Waals surface area contributed by atoms with E-state index in [1.54, 1.807) is 0 Å². The molecule has 1 rings (SSSR count). The molecule has 0 aromatic rings. The van der Waals surface area contributed by atoms with Crippen molar-refractivity contribution in [2.45, 2.75) is 46.2 Å². The fourth-order valence-electron chi connectivity index (χ4n) is 1.84. The highest BCUT2D eigenvalue weighted by molar-refractivity contribution is 5.24. The van der Waals surface area contributed by atoms with E-state index in [1.807, 2.05) is 0 Å². The summed E-state index contributed by atoms with van der Waals surface area (Å²) < 4.78 is 0. The van der Waals surface area contributed by atoms with E-state index >= 15 is 0 Å². The van der Waals surface area contributed by atoms with Gasteiger partial charge < -0.3 is 0 Å². The summed E-state index contributed by atoms with van der Waals surface area (Å²) in [6.07, 6.45) is 4.36. The second-order valence-electron chi connectivity index (χ2n) is 5.03. The number of likely N-dealkylation sites (N-methyl/N-ethyl adjacent to an activating group) is 1. The minimum absolute atomic E-state index is 0.112. The van der Waals surface area contributed by atoms with Gasteiger partial charge in [-0.25, -0.2) is 0 Å². The van der Waals surface area contributed by atoms with E-state index in [4.69, 9.17) is 0 Å². The van der Waals surface area contributed by atoms with Crippen LogP contribution in [0.5, 0.6) is 0 Å². The van der Waals surface area contributed by atoms with Crippen molar-refractivity contribution in [3.8, 4) is 0 Å². The summed E-state index contributed by atoms with van der Waals surface area (Å²) in [6, 6.07) is 0.564. The molecule has 0 bridgehead atoms. The van der Waals surface area contributed by atoms with Gasteiger partial charge in [-0.05, 0) is 40.0 Å². The Bertz CT molecular complexity index is 256. The molecule has 1 nitrogen and oxygen atoms in total. The van der Waals surface area contributed by atoms with Crippen LogP contribution in [0.4, 0.5) is 0 Å². The second-order valence-corrected chi connectivity index (χ2v) is 5.03. The Balaban J connectivity index is 2.96. The quantitative estimate of drug-likeness (QED) is 0.589. The molecule has 0 aliphatic heterocycles. The van der Waals surface area contributed by atoms with Crippen molar-refractivity contribution in [1.29, 1.82) is 0 Å². The van der Waals surface area contributed by atoms with Crippen LogP contribution >= 0.6 is 0 Å². The Morgan fingerprint density at radius 2 is 1.69 bits per heavy atom. The van der Waals surface area contributed by atoms with E-state index in [0.29, 0.717) is 6.04 Å². The van der Waals surface area contributed by atoms with Gasteiger partial charge in [0.1, 0.15) is 0 Å². The van der Waals surface area contributed by atoms with E-state index in [-0.39, 0.29) is 11.0 Å². The van der Waals surface area contributed by atoms with Crippen LogP contribution in [0.2, 0.25) is 0 Å². The molecule has 0 saturated carbocycles. The smallest absolute Gasteiger partial charge is 0.0527 e. The third-order valence-electron chi connectivity index (χ3n) is 3.62. The summed E-state index contributed by atoms with van der Waals surface area (Å²) in [7, 11) is 2.18. The average molecular weight is 179 g/mol. The summed E-state index contributed by atoms with van der Waals surface area (Å²) in [5.41, 5.74) is 3.55. The van der Waals surface area contributed by atoms with E-state index in [0.717, 1.165) is 0 Å². The zero-order valence-electron chi connectivity index (χ0n) is 9.68. The maximum atomic E-state index is 3.25. The lowest BCUT2D eigenvalue weighted by Gasteiger charge is -2.46. The molecule has 0 aromatic carbocycles. The molecule has 0 aromatic heterocycles. The Labute approximate surface area is 82.1 Å². The highest BCUT2D eigenvalue weighted by atomic mass is 15.2. The van der Waals surface area contributed by atoms with E-state index in [9.17, 15) is 0 Å². The summed E-state index contributed by atoms with van der Waals surface area (Å²) >= 11 is 0. The highest BCUT2D eigenvalue weighted by Gasteiger charge is 2.43. The molecule has 13 heavy (non-hydrogen) atoms. The molecule has 1 aliphatic rings. The molecule has 0 N–H and O–H groups in total. The molecule has 0 spiro atoms. The minimum Gasteiger partial charge on any atom is -0.294 e. The van der Waals surface area contributed by atoms with Gasteiger partial charge in [-0.15, -0.1) is 5.73 Å². The van der Waals surface area contributed by atoms with Gasteiger partial charge in [-0.1, -0.05) is 13.8 Å². The first-order valence-corrected chi connectivity index (χ1v) is 4.99. The second kappa shape index (κ2) is 3.01. The van der Waals surface area contributed by atoms with Crippen LogP contribution in [-0.2, 0) is 0 Å². The van der Waals surface area contributed by atoms with Gasteiger partial charge in [0.05, 0.1) is 5.54 Å². The molecule has 1 atom stereocenters. The predicted molar refractivity (Wildman–Crippen MR) is 57.7 cm³/mol. The van der Waals surface area contributed by atoms with Crippen molar-refractivity contribution in [3.63, 3.8) is 0 Å². The van der Waals surface area contributed by atoms with E-state index in [1.165, 1.54) is 0 Å². The first-order valence-electron chi connectivity index (χ1n) is 4.99. The normalized spacial score (nSPS) is 30.8. The van der Waals surface area contributed by atoms with Crippen molar-refractivity contribution < 1.29 is 0 Å². The third-order valence-corrected chi connectivity index (χ3v) is 3.62. The summed E-state index contributed by atoms with van der Waals surface area (Å²) in [6.45, 7) is 11.3. The van der Waals surface area contributed by atoms with Crippen molar-refractivity contribution in [3.05, 3.63) is 17.9 Å². The first kappa shape index (κ1) is 10.6. The fourth-order valence-corrected chi connectivity index (χ4v) is 1.84. The van der Waals surface area contributed by atoms with E-state index in [2.05, 4.69) is 64.4 Å². The van der Waals surface area contributed by atoms with Crippen molar-refractivity contribution in [1.82, 2.24) is 4.90 Å². The average Bonchev–Trinajstić information content (AvgIpc) is 2.26. The summed E-state index contributed by atoms with van der Waals surface area (Å²) in [4.78, 5) is 2.41. The lowest BCUT2D eigenvalue weighted by Crippen LogP contribution is -2.53. The standard InChI is InChI=1S/C12H21N/c1-10(2)13(6)12(5)9-7-8-11(12,3)4/h8-10H,1-6H3. The zero-order valence-corrected chi connectivity index (χ0v) is 9.68. The van der Waals surface area contributed by atoms with Gasteiger partial charge in [0.2, 0.25) is 0 Å². The molecule has 1 unspecified atom stereocenters. The Kier molecular flexibility index (Phi) is 2.44. The highest BCUT2D eigenvalue weighted by Crippen LogP contribution is 2.41. The van der Waals surface area contributed by atoms with Crippen LogP contribution in [0.3, 0.4) is 0 Å². The minimum atomic E-state index is 0.112. The van der Waals surface area contributed by atoms with Crippen molar-refractivity contribution in [2.24, 2.45) is 5.41 Å². The van der Waals surface area contributed by atoms with Gasteiger partial charge in [-0.3, -0.25) is 4.90 Å². The summed E-state index contributed by atoms with van der Waals surface area (Å²) in [5, 5.41) is 0. The lowest BCUT2D eigenvalue weighted by atomic mass is 9.75. The Morgan fingerprint density at radius 3 is 2.00 bits per heavy atom. The largest absolute Gasteiger partial charge is 0.294 e. The maximum Gasteiger partial charge on any atom is 0.0527 e. The predicted octanol–water partition coefficient (Wildman–Crippen LogP) is 2.84. The molecule has 1 aliphatic carbocycles. The van der Waals surface area contributed by atoms with E-state index < -0.39 is 0 Å². The molecule has 0 saturated heterocycles. The van der Waals surface area contributed by atoms with Gasteiger partial charge in [0.15, 0.2) is 0 Å². The number of rotatable bonds is 2. The van der Waals surface area contributed by atoms with Gasteiger partial charge in [0, 0.05) is 11.5 Å². The van der Waals surface area contributed by atoms with Crippen LogP contribution in [-0.4, -0.2) is 23.5 Å². The molecule has 0 amide bonds. The van der Waals surface area contributed by atoms with Gasteiger partial charge >= 0.3 is 0 Å². The fraction of sp³-hybridized carbons (Fsp3) is 0.750. The van der Waals surface area contributed by atoms with Crippen molar-refractivity contribution in [2.75, 3.05) is 7.05 Å².